The van der Waals surface area contributed by atoms with Crippen LogP contribution in [0.2, 0.25) is 0 Å². The van der Waals surface area contributed by atoms with Gasteiger partial charge in [0, 0.05) is 32.5 Å². The van der Waals surface area contributed by atoms with Gasteiger partial charge in [-0.3, -0.25) is 4.90 Å². The van der Waals surface area contributed by atoms with Crippen molar-refractivity contribution in [3.8, 4) is 0 Å². The Labute approximate surface area is 109 Å². The second-order valence-electron chi connectivity index (χ2n) is 4.91. The Hall–Kier alpha value is -1.20. The molecule has 0 aliphatic carbocycles. The van der Waals surface area contributed by atoms with Crippen molar-refractivity contribution < 1.29 is 4.74 Å². The van der Waals surface area contributed by atoms with E-state index in [9.17, 15) is 0 Å². The zero-order chi connectivity index (χ0) is 13.0. The van der Waals surface area contributed by atoms with Gasteiger partial charge in [-0.1, -0.05) is 0 Å². The van der Waals surface area contributed by atoms with Crippen molar-refractivity contribution in [2.24, 2.45) is 5.92 Å². The Bertz CT molecular complexity index is 397. The lowest BCUT2D eigenvalue weighted by Gasteiger charge is -2.15. The molecule has 5 nitrogen and oxygen atoms in total. The van der Waals surface area contributed by atoms with Gasteiger partial charge in [-0.15, -0.1) is 0 Å². The summed E-state index contributed by atoms with van der Waals surface area (Å²) in [5.74, 6) is 2.45. The van der Waals surface area contributed by atoms with Gasteiger partial charge in [-0.05, 0) is 25.8 Å². The second kappa shape index (κ2) is 6.11. The van der Waals surface area contributed by atoms with Crippen LogP contribution >= 0.6 is 0 Å². The number of methoxy groups -OCH3 is 1. The maximum Gasteiger partial charge on any atom is 0.144 e. The summed E-state index contributed by atoms with van der Waals surface area (Å²) in [6, 6.07) is 1.96. The van der Waals surface area contributed by atoms with Gasteiger partial charge in [0.2, 0.25) is 0 Å². The molecule has 1 aromatic rings. The number of aryl methyl sites for hydroxylation is 1. The molecule has 1 unspecified atom stereocenters. The fraction of sp³-hybridized carbons (Fsp3) is 0.692. The Morgan fingerprint density at radius 3 is 3.06 bits per heavy atom. The zero-order valence-corrected chi connectivity index (χ0v) is 11.4. The number of nitrogens with one attached hydrogen (secondary N) is 1. The summed E-state index contributed by atoms with van der Waals surface area (Å²) < 4.78 is 5.21. The molecule has 2 rings (SSSR count). The Morgan fingerprint density at radius 1 is 1.50 bits per heavy atom. The van der Waals surface area contributed by atoms with Gasteiger partial charge in [-0.2, -0.15) is 0 Å². The SMILES string of the molecule is CNc1cc(C)nc(CN2CCC(COC)C2)n1. The molecular formula is C13H22N4O. The highest BCUT2D eigenvalue weighted by Crippen LogP contribution is 2.18. The van der Waals surface area contributed by atoms with Crippen molar-refractivity contribution in [2.45, 2.75) is 19.9 Å². The van der Waals surface area contributed by atoms with E-state index in [1.54, 1.807) is 7.11 Å². The van der Waals surface area contributed by atoms with E-state index in [1.807, 2.05) is 20.0 Å². The van der Waals surface area contributed by atoms with Gasteiger partial charge in [0.15, 0.2) is 0 Å². The quantitative estimate of drug-likeness (QED) is 0.853. The molecule has 0 aromatic carbocycles. The van der Waals surface area contributed by atoms with E-state index in [0.29, 0.717) is 5.92 Å². The largest absolute Gasteiger partial charge is 0.384 e. The Morgan fingerprint density at radius 2 is 2.33 bits per heavy atom. The summed E-state index contributed by atoms with van der Waals surface area (Å²) in [5, 5.41) is 3.07. The molecule has 1 aliphatic rings. The third-order valence-corrected chi connectivity index (χ3v) is 3.29. The smallest absolute Gasteiger partial charge is 0.144 e. The molecule has 0 spiro atoms. The van der Waals surface area contributed by atoms with Crippen molar-refractivity contribution in [3.63, 3.8) is 0 Å². The van der Waals surface area contributed by atoms with Gasteiger partial charge < -0.3 is 10.1 Å². The minimum atomic E-state index is 0.656. The first kappa shape index (κ1) is 13.2. The molecule has 0 radical (unpaired) electrons. The van der Waals surface area contributed by atoms with Crippen molar-refractivity contribution in [3.05, 3.63) is 17.6 Å². The van der Waals surface area contributed by atoms with Crippen LogP contribution in [0.4, 0.5) is 5.82 Å². The molecule has 5 heteroatoms. The van der Waals surface area contributed by atoms with E-state index in [4.69, 9.17) is 4.74 Å². The molecule has 0 bridgehead atoms. The predicted octanol–water partition coefficient (Wildman–Crippen LogP) is 1.30. The van der Waals surface area contributed by atoms with Gasteiger partial charge >= 0.3 is 0 Å². The van der Waals surface area contributed by atoms with Crippen LogP contribution < -0.4 is 5.32 Å². The molecule has 1 aromatic heterocycles. The average molecular weight is 250 g/mol. The standard InChI is InChI=1S/C13H22N4O/c1-10-6-12(14-2)16-13(15-10)8-17-5-4-11(7-17)9-18-3/h6,11H,4-5,7-9H2,1-3H3,(H,14,15,16). The Kier molecular flexibility index (Phi) is 4.49. The molecular weight excluding hydrogens is 228 g/mol. The second-order valence-corrected chi connectivity index (χ2v) is 4.91. The number of likely N-dealkylation sites (tertiary alicyclic amines) is 1. The molecule has 100 valence electrons. The van der Waals surface area contributed by atoms with Crippen LogP contribution in [0.5, 0.6) is 0 Å². The van der Waals surface area contributed by atoms with Crippen LogP contribution in [-0.4, -0.2) is 48.7 Å². The maximum atomic E-state index is 5.21. The fourth-order valence-electron chi connectivity index (χ4n) is 2.46. The summed E-state index contributed by atoms with van der Waals surface area (Å²) in [4.78, 5) is 11.4. The lowest BCUT2D eigenvalue weighted by atomic mass is 10.1. The van der Waals surface area contributed by atoms with Gasteiger partial charge in [0.05, 0.1) is 13.2 Å². The van der Waals surface area contributed by atoms with Crippen LogP contribution in [0.3, 0.4) is 0 Å². The first-order chi connectivity index (χ1) is 8.71. The first-order valence-electron chi connectivity index (χ1n) is 6.45. The zero-order valence-electron chi connectivity index (χ0n) is 11.4. The van der Waals surface area contributed by atoms with Gasteiger partial charge in [0.1, 0.15) is 11.6 Å². The van der Waals surface area contributed by atoms with Crippen LogP contribution in [0.15, 0.2) is 6.07 Å². The summed E-state index contributed by atoms with van der Waals surface area (Å²) in [6.07, 6.45) is 1.21. The lowest BCUT2D eigenvalue weighted by molar-refractivity contribution is 0.152. The van der Waals surface area contributed by atoms with Crippen LogP contribution in [0, 0.1) is 12.8 Å². The molecule has 1 N–H and O–H groups in total. The molecule has 18 heavy (non-hydrogen) atoms. The van der Waals surface area contributed by atoms with Gasteiger partial charge in [0.25, 0.3) is 0 Å². The number of aromatic nitrogens is 2. The van der Waals surface area contributed by atoms with Crippen molar-refractivity contribution in [1.82, 2.24) is 14.9 Å². The molecule has 1 fully saturated rings. The number of hydrogen-bond acceptors (Lipinski definition) is 5. The average Bonchev–Trinajstić information content (AvgIpc) is 2.76. The lowest BCUT2D eigenvalue weighted by Crippen LogP contribution is -2.23. The highest BCUT2D eigenvalue weighted by molar-refractivity contribution is 5.34. The highest BCUT2D eigenvalue weighted by atomic mass is 16.5. The van der Waals surface area contributed by atoms with E-state index in [1.165, 1.54) is 6.42 Å². The normalized spacial score (nSPS) is 20.3. The number of anilines is 1. The minimum Gasteiger partial charge on any atom is -0.384 e. The topological polar surface area (TPSA) is 50.3 Å². The van der Waals surface area contributed by atoms with Crippen molar-refractivity contribution in [1.29, 1.82) is 0 Å². The summed E-state index contributed by atoms with van der Waals surface area (Å²) in [6.45, 7) is 5.88. The Balaban J connectivity index is 1.95. The van der Waals surface area contributed by atoms with E-state index in [-0.39, 0.29) is 0 Å². The summed E-state index contributed by atoms with van der Waals surface area (Å²) in [7, 11) is 3.65. The van der Waals surface area contributed by atoms with Crippen molar-refractivity contribution >= 4 is 5.82 Å². The first-order valence-corrected chi connectivity index (χ1v) is 6.45. The molecule has 0 amide bonds. The van der Waals surface area contributed by atoms with E-state index >= 15 is 0 Å². The monoisotopic (exact) mass is 250 g/mol. The van der Waals surface area contributed by atoms with Crippen LogP contribution in [0.25, 0.3) is 0 Å². The summed E-state index contributed by atoms with van der Waals surface area (Å²) >= 11 is 0. The highest BCUT2D eigenvalue weighted by Gasteiger charge is 2.23. The maximum absolute atomic E-state index is 5.21. The number of hydrogen-bond donors (Lipinski definition) is 1. The summed E-state index contributed by atoms with van der Waals surface area (Å²) in [5.41, 5.74) is 1.01. The molecule has 0 saturated carbocycles. The number of ether oxygens (including phenoxy) is 1. The van der Waals surface area contributed by atoms with Gasteiger partial charge in [-0.25, -0.2) is 9.97 Å². The van der Waals surface area contributed by atoms with E-state index in [2.05, 4.69) is 20.2 Å². The minimum absolute atomic E-state index is 0.656. The fourth-order valence-corrected chi connectivity index (χ4v) is 2.46. The van der Waals surface area contributed by atoms with E-state index in [0.717, 1.165) is 43.6 Å². The third kappa shape index (κ3) is 3.40. The third-order valence-electron chi connectivity index (χ3n) is 3.29. The molecule has 1 saturated heterocycles. The van der Waals surface area contributed by atoms with E-state index < -0.39 is 0 Å². The molecule has 1 aliphatic heterocycles. The number of rotatable bonds is 5. The number of nitrogens with zero attached hydrogens (tertiary/aromatic N) is 3. The van der Waals surface area contributed by atoms with Crippen LogP contribution in [0.1, 0.15) is 17.9 Å². The molecule has 2 heterocycles. The van der Waals surface area contributed by atoms with Crippen molar-refractivity contribution in [2.75, 3.05) is 39.2 Å². The predicted molar refractivity (Wildman–Crippen MR) is 71.6 cm³/mol. The molecule has 1 atom stereocenters. The van der Waals surface area contributed by atoms with Crippen LogP contribution in [-0.2, 0) is 11.3 Å².